The van der Waals surface area contributed by atoms with Gasteiger partial charge in [-0.2, -0.15) is 0 Å². The molecule has 2 heterocycles. The fourth-order valence-electron chi connectivity index (χ4n) is 4.81. The Balaban J connectivity index is 1.54. The maximum Gasteiger partial charge on any atom is 0.225 e. The van der Waals surface area contributed by atoms with Gasteiger partial charge in [0.2, 0.25) is 16.6 Å². The van der Waals surface area contributed by atoms with Crippen LogP contribution in [0.15, 0.2) is 72.8 Å². The first-order chi connectivity index (χ1) is 19.6. The van der Waals surface area contributed by atoms with Crippen LogP contribution in [0.1, 0.15) is 52.9 Å². The molecule has 8 heteroatoms. The third-order valence-electron chi connectivity index (χ3n) is 7.44. The standard InChI is InChI=1S/C34H46N2O2P2Si2/c1-33(2,3)29-23-27(25-17-13-11-14-18-25)31(39-35-29)41(7,8)37-21-22-38-42(9,10)32-28(26-19-15-12-16-20-26)24-30(36-40-32)34(4,5)6/h11-20,23-24H,21-22H2,1-10H3. The number of nitrogens with zero attached hydrogens (tertiary/aromatic N) is 2. The van der Waals surface area contributed by atoms with Gasteiger partial charge in [-0.3, -0.25) is 0 Å². The monoisotopic (exact) mass is 632 g/mol. The maximum absolute atomic E-state index is 6.73. The molecule has 0 saturated carbocycles. The van der Waals surface area contributed by atoms with Gasteiger partial charge in [0.05, 0.1) is 24.6 Å². The van der Waals surface area contributed by atoms with Gasteiger partial charge in [0.1, 0.15) is 0 Å². The summed E-state index contributed by atoms with van der Waals surface area (Å²) in [5.74, 6) is 0. The van der Waals surface area contributed by atoms with Crippen LogP contribution in [0.4, 0.5) is 0 Å². The van der Waals surface area contributed by atoms with Crippen LogP contribution in [0, 0.1) is 0 Å². The summed E-state index contributed by atoms with van der Waals surface area (Å²) in [6.45, 7) is 23.7. The van der Waals surface area contributed by atoms with E-state index in [1.165, 1.54) is 32.1 Å². The number of benzene rings is 2. The van der Waals surface area contributed by atoms with E-state index in [0.29, 0.717) is 13.2 Å². The second kappa shape index (κ2) is 12.9. The van der Waals surface area contributed by atoms with E-state index < -0.39 is 16.6 Å². The summed E-state index contributed by atoms with van der Waals surface area (Å²) in [6, 6.07) is 25.9. The molecule has 0 aliphatic carbocycles. The zero-order valence-electron chi connectivity index (χ0n) is 26.9. The molecule has 222 valence electrons. The summed E-state index contributed by atoms with van der Waals surface area (Å²) < 4.78 is 23.4. The minimum atomic E-state index is -2.25. The molecule has 0 unspecified atom stereocenters. The van der Waals surface area contributed by atoms with Crippen LogP contribution in [-0.4, -0.2) is 39.3 Å². The SMILES string of the molecule is CC(C)(C)c1cc(-c2ccccc2)c([Si](C)(C)OCCO[Si](C)(C)c2pnc(C(C)(C)C)cc2-c2ccccc2)pn1. The molecule has 0 N–H and O–H groups in total. The lowest BCUT2D eigenvalue weighted by Gasteiger charge is -2.29. The first kappa shape index (κ1) is 32.9. The van der Waals surface area contributed by atoms with Crippen molar-refractivity contribution in [2.75, 3.05) is 13.2 Å². The summed E-state index contributed by atoms with van der Waals surface area (Å²) in [6.07, 6.45) is 0. The zero-order valence-corrected chi connectivity index (χ0v) is 30.7. The second-order valence-corrected chi connectivity index (χ2v) is 24.1. The number of aromatic nitrogens is 2. The van der Waals surface area contributed by atoms with Gasteiger partial charge < -0.3 is 8.85 Å². The molecule has 2 aromatic carbocycles. The normalized spacial score (nSPS) is 13.3. The molecule has 0 radical (unpaired) electrons. The highest BCUT2D eigenvalue weighted by Crippen LogP contribution is 2.31. The quantitative estimate of drug-likeness (QED) is 0.136. The van der Waals surface area contributed by atoms with E-state index in [4.69, 9.17) is 18.3 Å². The zero-order chi connectivity index (χ0) is 30.8. The molecule has 0 amide bonds. The highest BCUT2D eigenvalue weighted by atomic mass is 31.1. The molecule has 0 aliphatic heterocycles. The highest BCUT2D eigenvalue weighted by molar-refractivity contribution is 7.38. The summed E-state index contributed by atoms with van der Waals surface area (Å²) in [5.41, 5.74) is 7.26. The fourth-order valence-corrected chi connectivity index (χ4v) is 12.4. The molecule has 0 fully saturated rings. The van der Waals surface area contributed by atoms with Crippen molar-refractivity contribution in [1.82, 2.24) is 9.49 Å². The van der Waals surface area contributed by atoms with Crippen molar-refractivity contribution in [3.63, 3.8) is 0 Å². The lowest BCUT2D eigenvalue weighted by atomic mass is 9.91. The minimum Gasteiger partial charge on any atom is -0.410 e. The molecule has 0 saturated heterocycles. The molecule has 0 spiro atoms. The number of hydrogen-bond donors (Lipinski definition) is 0. The van der Waals surface area contributed by atoms with E-state index in [2.05, 4.69) is 141 Å². The van der Waals surface area contributed by atoms with Crippen molar-refractivity contribution in [3.8, 4) is 22.3 Å². The van der Waals surface area contributed by atoms with E-state index in [-0.39, 0.29) is 10.8 Å². The van der Waals surface area contributed by atoms with Gasteiger partial charge in [-0.15, -0.1) is 0 Å². The molecule has 0 aliphatic rings. The average Bonchev–Trinajstić information content (AvgIpc) is 2.95. The Kier molecular flexibility index (Phi) is 10.1. The smallest absolute Gasteiger partial charge is 0.225 e. The molecular formula is C34H46N2O2P2Si2. The predicted octanol–water partition coefficient (Wildman–Crippen LogP) is 9.12. The van der Waals surface area contributed by atoms with Crippen molar-refractivity contribution >= 4 is 43.2 Å². The van der Waals surface area contributed by atoms with Crippen molar-refractivity contribution in [1.29, 1.82) is 0 Å². The Morgan fingerprint density at radius 1 is 0.571 bits per heavy atom. The van der Waals surface area contributed by atoms with Gasteiger partial charge >= 0.3 is 0 Å². The number of hydrogen-bond acceptors (Lipinski definition) is 4. The molecular weight excluding hydrogens is 587 g/mol. The summed E-state index contributed by atoms with van der Waals surface area (Å²) in [4.78, 5) is 2.63. The molecule has 4 nitrogen and oxygen atoms in total. The van der Waals surface area contributed by atoms with E-state index in [9.17, 15) is 0 Å². The van der Waals surface area contributed by atoms with Crippen molar-refractivity contribution < 1.29 is 8.85 Å². The second-order valence-electron chi connectivity index (χ2n) is 13.9. The summed E-state index contributed by atoms with van der Waals surface area (Å²) >= 11 is 0. The third-order valence-corrected chi connectivity index (χ3v) is 17.5. The van der Waals surface area contributed by atoms with Gasteiger partial charge in [0.15, 0.2) is 0 Å². The predicted molar refractivity (Wildman–Crippen MR) is 188 cm³/mol. The van der Waals surface area contributed by atoms with Crippen LogP contribution in [-0.2, 0) is 19.7 Å². The van der Waals surface area contributed by atoms with Crippen LogP contribution >= 0.6 is 16.7 Å². The van der Waals surface area contributed by atoms with Crippen LogP contribution in [0.2, 0.25) is 26.2 Å². The van der Waals surface area contributed by atoms with E-state index in [0.717, 1.165) is 28.1 Å². The topological polar surface area (TPSA) is 44.2 Å². The summed E-state index contributed by atoms with van der Waals surface area (Å²) in [5, 5.41) is 0. The Hall–Kier alpha value is -2.05. The van der Waals surface area contributed by atoms with E-state index in [1.807, 2.05) is 0 Å². The van der Waals surface area contributed by atoms with Crippen molar-refractivity contribution in [2.24, 2.45) is 0 Å². The molecule has 2 aromatic heterocycles. The molecule has 0 bridgehead atoms. The number of rotatable bonds is 9. The van der Waals surface area contributed by atoms with Crippen molar-refractivity contribution in [2.45, 2.75) is 78.6 Å². The Morgan fingerprint density at radius 2 is 0.905 bits per heavy atom. The fraction of sp³-hybridized carbons (Fsp3) is 0.412. The summed E-state index contributed by atoms with van der Waals surface area (Å²) in [7, 11) is -2.49. The highest BCUT2D eigenvalue weighted by Gasteiger charge is 2.34. The van der Waals surface area contributed by atoms with Gasteiger partial charge in [-0.1, -0.05) is 102 Å². The lowest BCUT2D eigenvalue weighted by molar-refractivity contribution is 0.212. The average molecular weight is 633 g/mol. The van der Waals surface area contributed by atoms with Crippen LogP contribution in [0.5, 0.6) is 0 Å². The maximum atomic E-state index is 6.73. The Bertz CT molecular complexity index is 1380. The van der Waals surface area contributed by atoms with Crippen LogP contribution in [0.3, 0.4) is 0 Å². The van der Waals surface area contributed by atoms with Gasteiger partial charge in [-0.05, 0) is 60.6 Å². The largest absolute Gasteiger partial charge is 0.410 e. The Labute approximate surface area is 258 Å². The van der Waals surface area contributed by atoms with Crippen LogP contribution in [0.25, 0.3) is 22.3 Å². The van der Waals surface area contributed by atoms with Gasteiger partial charge in [-0.25, -0.2) is 9.49 Å². The molecule has 42 heavy (non-hydrogen) atoms. The van der Waals surface area contributed by atoms with Crippen LogP contribution < -0.4 is 9.84 Å². The molecule has 4 rings (SSSR count). The van der Waals surface area contributed by atoms with E-state index >= 15 is 0 Å². The lowest BCUT2D eigenvalue weighted by Crippen LogP contribution is -2.48. The molecule has 0 atom stereocenters. The van der Waals surface area contributed by atoms with Crippen molar-refractivity contribution in [3.05, 3.63) is 84.2 Å². The first-order valence-corrected chi connectivity index (χ1v) is 22.3. The third kappa shape index (κ3) is 7.91. The first-order valence-electron chi connectivity index (χ1n) is 14.8. The van der Waals surface area contributed by atoms with Gasteiger partial charge in [0, 0.05) is 37.4 Å². The van der Waals surface area contributed by atoms with E-state index in [1.54, 1.807) is 0 Å². The Morgan fingerprint density at radius 3 is 1.21 bits per heavy atom. The van der Waals surface area contributed by atoms with Gasteiger partial charge in [0.25, 0.3) is 0 Å². The minimum absolute atomic E-state index is 0.00394. The molecule has 4 aromatic rings.